The normalized spacial score (nSPS) is 31.0. The Hall–Kier alpha value is -0.940. The molecule has 1 saturated carbocycles. The number of fused-ring (bicyclic) bond motifs is 1. The number of aliphatic hydroxyl groups is 1. The number of ether oxygens (including phenoxy) is 1. The molecule has 2 fully saturated rings. The number of hydrogen-bond acceptors (Lipinski definition) is 5. The lowest BCUT2D eigenvalue weighted by Gasteiger charge is -2.41. The van der Waals surface area contributed by atoms with Crippen molar-refractivity contribution >= 4 is 11.8 Å². The topological polar surface area (TPSA) is 75.6 Å². The molecule has 0 aromatic carbocycles. The van der Waals surface area contributed by atoms with E-state index in [-0.39, 0.29) is 17.9 Å². The van der Waals surface area contributed by atoms with Gasteiger partial charge < -0.3 is 9.84 Å². The van der Waals surface area contributed by atoms with Gasteiger partial charge in [0.2, 0.25) is 0 Å². The predicted octanol–water partition coefficient (Wildman–Crippen LogP) is 3.73. The molecule has 2 rings (SSSR count). The molecule has 0 amide bonds. The molecule has 1 aliphatic carbocycles. The average Bonchev–Trinajstić information content (AvgIpc) is 2.91. The van der Waals surface area contributed by atoms with E-state index in [9.17, 15) is 14.7 Å². The molecule has 0 radical (unpaired) electrons. The van der Waals surface area contributed by atoms with Crippen molar-refractivity contribution in [3.8, 4) is 0 Å². The van der Waals surface area contributed by atoms with Crippen LogP contribution in [0.5, 0.6) is 0 Å². The fourth-order valence-electron chi connectivity index (χ4n) is 4.75. The number of Topliss-reactive ketones (excluding diaryl/α,β-unsaturated/α-hetero) is 1. The molecule has 150 valence electrons. The first-order valence-electron chi connectivity index (χ1n) is 10.6. The van der Waals surface area contributed by atoms with Crippen LogP contribution < -0.4 is 5.32 Å². The summed E-state index contributed by atoms with van der Waals surface area (Å²) in [5, 5.41) is 14.2. The molecule has 4 atom stereocenters. The minimum atomic E-state index is -0.764. The van der Waals surface area contributed by atoms with Crippen LogP contribution in [0.4, 0.5) is 0 Å². The van der Waals surface area contributed by atoms with Crippen molar-refractivity contribution in [2.45, 2.75) is 102 Å². The lowest BCUT2D eigenvalue weighted by atomic mass is 9.79. The van der Waals surface area contributed by atoms with Gasteiger partial charge >= 0.3 is 5.97 Å². The molecule has 2 N–H and O–H groups in total. The van der Waals surface area contributed by atoms with Crippen LogP contribution in [0.3, 0.4) is 0 Å². The highest BCUT2D eigenvalue weighted by atomic mass is 16.5. The molecule has 2 aliphatic rings. The molecule has 1 heterocycles. The van der Waals surface area contributed by atoms with Crippen molar-refractivity contribution < 1.29 is 19.4 Å². The van der Waals surface area contributed by atoms with Crippen molar-refractivity contribution in [1.29, 1.82) is 0 Å². The van der Waals surface area contributed by atoms with Gasteiger partial charge in [-0.1, -0.05) is 39.0 Å². The van der Waals surface area contributed by atoms with Crippen molar-refractivity contribution in [2.75, 3.05) is 7.11 Å². The second kappa shape index (κ2) is 10.4. The smallest absolute Gasteiger partial charge is 0.305 e. The van der Waals surface area contributed by atoms with Crippen LogP contribution in [-0.2, 0) is 14.3 Å². The van der Waals surface area contributed by atoms with Crippen molar-refractivity contribution in [1.82, 2.24) is 5.32 Å². The summed E-state index contributed by atoms with van der Waals surface area (Å²) >= 11 is 0. The van der Waals surface area contributed by atoms with Crippen LogP contribution in [-0.4, -0.2) is 35.7 Å². The van der Waals surface area contributed by atoms with Gasteiger partial charge in [0.25, 0.3) is 0 Å². The maximum atomic E-state index is 12.5. The molecule has 5 nitrogen and oxygen atoms in total. The van der Waals surface area contributed by atoms with Crippen molar-refractivity contribution in [2.24, 2.45) is 11.8 Å². The number of carbonyl (C=O) groups excluding carboxylic acids is 2. The van der Waals surface area contributed by atoms with Crippen LogP contribution in [0, 0.1) is 11.8 Å². The van der Waals surface area contributed by atoms with Gasteiger partial charge in [0.05, 0.1) is 7.11 Å². The summed E-state index contributed by atoms with van der Waals surface area (Å²) in [5.74, 6) is 0.788. The Morgan fingerprint density at radius 3 is 2.73 bits per heavy atom. The minimum absolute atomic E-state index is 0.140. The maximum absolute atomic E-state index is 12.5. The highest BCUT2D eigenvalue weighted by Crippen LogP contribution is 2.42. The van der Waals surface area contributed by atoms with E-state index >= 15 is 0 Å². The molecule has 1 unspecified atom stereocenters. The van der Waals surface area contributed by atoms with Crippen molar-refractivity contribution in [3.63, 3.8) is 0 Å². The van der Waals surface area contributed by atoms with Gasteiger partial charge in [-0.25, -0.2) is 0 Å². The molecule has 0 aromatic rings. The number of rotatable bonds is 11. The van der Waals surface area contributed by atoms with E-state index in [0.717, 1.165) is 70.6 Å². The molecule has 0 aromatic heterocycles. The Labute approximate surface area is 158 Å². The van der Waals surface area contributed by atoms with Crippen LogP contribution in [0.25, 0.3) is 0 Å². The van der Waals surface area contributed by atoms with E-state index in [1.54, 1.807) is 0 Å². The van der Waals surface area contributed by atoms with E-state index in [0.29, 0.717) is 24.5 Å². The van der Waals surface area contributed by atoms with E-state index in [2.05, 4.69) is 17.0 Å². The van der Waals surface area contributed by atoms with Crippen LogP contribution >= 0.6 is 0 Å². The highest BCUT2D eigenvalue weighted by molar-refractivity contribution is 5.84. The highest BCUT2D eigenvalue weighted by Gasteiger charge is 2.48. The third-order valence-corrected chi connectivity index (χ3v) is 6.28. The molecule has 26 heavy (non-hydrogen) atoms. The summed E-state index contributed by atoms with van der Waals surface area (Å²) in [7, 11) is 1.42. The minimum Gasteiger partial charge on any atom is -0.469 e. The molecule has 1 aliphatic heterocycles. The second-order valence-corrected chi connectivity index (χ2v) is 8.25. The molecule has 1 saturated heterocycles. The summed E-state index contributed by atoms with van der Waals surface area (Å²) in [4.78, 5) is 23.6. The fourth-order valence-corrected chi connectivity index (χ4v) is 4.75. The number of nitrogens with one attached hydrogen (secondary N) is 1. The van der Waals surface area contributed by atoms with Gasteiger partial charge in [0.15, 0.2) is 0 Å². The van der Waals surface area contributed by atoms with Crippen LogP contribution in [0.15, 0.2) is 0 Å². The SMILES string of the molecule is CCCCCC1(O)CC[C@H]2[C@@H](CC(=O)[C@@H]2CCCCCCC(=O)OC)N1. The molecule has 0 bridgehead atoms. The van der Waals surface area contributed by atoms with Gasteiger partial charge in [-0.3, -0.25) is 14.9 Å². The van der Waals surface area contributed by atoms with Gasteiger partial charge in [-0.2, -0.15) is 0 Å². The number of ketones is 1. The van der Waals surface area contributed by atoms with Gasteiger partial charge in [-0.15, -0.1) is 0 Å². The number of piperidine rings is 1. The number of esters is 1. The zero-order valence-electron chi connectivity index (χ0n) is 16.6. The fraction of sp³-hybridized carbons (Fsp3) is 0.905. The largest absolute Gasteiger partial charge is 0.469 e. The number of carbonyl (C=O) groups is 2. The lowest BCUT2D eigenvalue weighted by molar-refractivity contribution is -0.140. The first-order valence-corrected chi connectivity index (χ1v) is 10.6. The third-order valence-electron chi connectivity index (χ3n) is 6.28. The number of methoxy groups -OCH3 is 1. The summed E-state index contributed by atoms with van der Waals surface area (Å²) < 4.78 is 4.65. The summed E-state index contributed by atoms with van der Waals surface area (Å²) in [6.45, 7) is 2.17. The number of unbranched alkanes of at least 4 members (excludes halogenated alkanes) is 5. The molecular formula is C21H37NO4. The summed E-state index contributed by atoms with van der Waals surface area (Å²) in [6, 6.07) is 0.159. The van der Waals surface area contributed by atoms with E-state index in [4.69, 9.17) is 0 Å². The summed E-state index contributed by atoms with van der Waals surface area (Å²) in [6.07, 6.45) is 11.9. The lowest BCUT2D eigenvalue weighted by Crippen LogP contribution is -2.56. The van der Waals surface area contributed by atoms with Gasteiger partial charge in [-0.05, 0) is 44.4 Å². The zero-order valence-corrected chi connectivity index (χ0v) is 16.6. The molecule has 0 spiro atoms. The first kappa shape index (κ1) is 21.4. The maximum Gasteiger partial charge on any atom is 0.305 e. The van der Waals surface area contributed by atoms with Gasteiger partial charge in [0, 0.05) is 24.8 Å². The Bertz CT molecular complexity index is 467. The van der Waals surface area contributed by atoms with Gasteiger partial charge in [0.1, 0.15) is 11.5 Å². The standard InChI is InChI=1S/C21H37NO4/c1-3-4-9-13-21(25)14-12-16-17(19(23)15-18(16)22-21)10-7-5-6-8-11-20(24)26-2/h16-18,22,25H,3-15H2,1-2H3/t16-,17-,18-,21?/m1/s1. The molecular weight excluding hydrogens is 330 g/mol. The predicted molar refractivity (Wildman–Crippen MR) is 102 cm³/mol. The molecule has 5 heteroatoms. The average molecular weight is 368 g/mol. The third kappa shape index (κ3) is 6.05. The first-order chi connectivity index (χ1) is 12.5. The van der Waals surface area contributed by atoms with E-state index in [1.807, 2.05) is 0 Å². The Morgan fingerprint density at radius 1 is 1.23 bits per heavy atom. The van der Waals surface area contributed by atoms with E-state index < -0.39 is 5.72 Å². The Balaban J connectivity index is 1.70. The van der Waals surface area contributed by atoms with Crippen LogP contribution in [0.2, 0.25) is 0 Å². The van der Waals surface area contributed by atoms with E-state index in [1.165, 1.54) is 7.11 Å². The quantitative estimate of drug-likeness (QED) is 0.430. The van der Waals surface area contributed by atoms with Crippen molar-refractivity contribution in [3.05, 3.63) is 0 Å². The second-order valence-electron chi connectivity index (χ2n) is 8.25. The summed E-state index contributed by atoms with van der Waals surface area (Å²) in [5.41, 5.74) is -0.764. The zero-order chi connectivity index (χ0) is 19.0. The Morgan fingerprint density at radius 2 is 2.00 bits per heavy atom. The monoisotopic (exact) mass is 367 g/mol. The Kier molecular flexibility index (Phi) is 8.55. The number of hydrogen-bond donors (Lipinski definition) is 2. The van der Waals surface area contributed by atoms with Crippen LogP contribution in [0.1, 0.15) is 90.4 Å².